The number of aryl methyl sites for hydroxylation is 2. The number of para-hydroxylation sites is 1. The zero-order valence-electron chi connectivity index (χ0n) is 13.5. The van der Waals surface area contributed by atoms with Crippen molar-refractivity contribution in [2.24, 2.45) is 0 Å². The summed E-state index contributed by atoms with van der Waals surface area (Å²) in [4.78, 5) is 0. The summed E-state index contributed by atoms with van der Waals surface area (Å²) in [6.45, 7) is 4.97. The van der Waals surface area contributed by atoms with Gasteiger partial charge in [-0.25, -0.2) is 0 Å². The summed E-state index contributed by atoms with van der Waals surface area (Å²) in [5, 5.41) is 19.9. The molecule has 0 fully saturated rings. The summed E-state index contributed by atoms with van der Waals surface area (Å²) in [6.07, 6.45) is -0.536. The van der Waals surface area contributed by atoms with Gasteiger partial charge in [0.1, 0.15) is 0 Å². The molecule has 0 amide bonds. The van der Waals surface area contributed by atoms with E-state index in [1.807, 2.05) is 36.4 Å². The molecule has 0 saturated carbocycles. The van der Waals surface area contributed by atoms with Crippen molar-refractivity contribution in [3.8, 4) is 0 Å². The van der Waals surface area contributed by atoms with Gasteiger partial charge in [0.05, 0.1) is 6.10 Å². The second-order valence-corrected chi connectivity index (χ2v) is 5.96. The maximum Gasteiger partial charge on any atom is 0.170 e. The third-order valence-electron chi connectivity index (χ3n) is 3.44. The molecule has 0 saturated heterocycles. The van der Waals surface area contributed by atoms with Gasteiger partial charge in [0.25, 0.3) is 0 Å². The lowest BCUT2D eigenvalue weighted by atomic mass is 10.1. The highest BCUT2D eigenvalue weighted by Gasteiger charge is 2.06. The van der Waals surface area contributed by atoms with E-state index in [0.717, 1.165) is 11.4 Å². The average Bonchev–Trinajstić information content (AvgIpc) is 2.53. The summed E-state index contributed by atoms with van der Waals surface area (Å²) < 4.78 is 0. The molecule has 0 aliphatic rings. The number of aliphatic hydroxyl groups is 1. The molecular weight excluding hydrogens is 306 g/mol. The molecule has 4 nitrogen and oxygen atoms in total. The van der Waals surface area contributed by atoms with Gasteiger partial charge in [0, 0.05) is 24.5 Å². The zero-order chi connectivity index (χ0) is 16.7. The number of thiocarbonyl (C=S) groups is 1. The lowest BCUT2D eigenvalue weighted by Gasteiger charge is -2.17. The van der Waals surface area contributed by atoms with Gasteiger partial charge in [-0.05, 0) is 49.8 Å². The molecular formula is C18H23N3OS. The fraction of sp³-hybridized carbons (Fsp3) is 0.278. The molecule has 0 radical (unpaired) electrons. The number of hydrogen-bond acceptors (Lipinski definition) is 3. The first-order valence-corrected chi connectivity index (χ1v) is 8.04. The molecule has 23 heavy (non-hydrogen) atoms. The Bertz CT molecular complexity index is 646. The van der Waals surface area contributed by atoms with Crippen molar-refractivity contribution in [3.05, 3.63) is 59.7 Å². The molecule has 0 bridgehead atoms. The van der Waals surface area contributed by atoms with Crippen molar-refractivity contribution >= 4 is 28.7 Å². The van der Waals surface area contributed by atoms with E-state index in [4.69, 9.17) is 12.2 Å². The minimum absolute atomic E-state index is 0.385. The first kappa shape index (κ1) is 17.2. The maximum absolute atomic E-state index is 10.1. The van der Waals surface area contributed by atoms with Gasteiger partial charge in [-0.1, -0.05) is 35.9 Å². The topological polar surface area (TPSA) is 56.3 Å². The Morgan fingerprint density at radius 3 is 2.52 bits per heavy atom. The molecule has 0 unspecified atom stereocenters. The highest BCUT2D eigenvalue weighted by atomic mass is 32.1. The molecule has 2 aromatic rings. The second kappa shape index (κ2) is 8.50. The van der Waals surface area contributed by atoms with Crippen LogP contribution in [0.2, 0.25) is 0 Å². The Labute approximate surface area is 142 Å². The third-order valence-corrected chi connectivity index (χ3v) is 3.69. The van der Waals surface area contributed by atoms with Gasteiger partial charge in [-0.15, -0.1) is 0 Å². The summed E-state index contributed by atoms with van der Waals surface area (Å²) in [7, 11) is 0. The number of rotatable bonds is 6. The molecule has 0 aliphatic carbocycles. The van der Waals surface area contributed by atoms with Crippen LogP contribution in [0.4, 0.5) is 11.4 Å². The van der Waals surface area contributed by atoms with Crippen molar-refractivity contribution in [3.63, 3.8) is 0 Å². The van der Waals surface area contributed by atoms with Gasteiger partial charge in [-0.3, -0.25) is 0 Å². The van der Waals surface area contributed by atoms with E-state index in [1.54, 1.807) is 0 Å². The quantitative estimate of drug-likeness (QED) is 0.614. The lowest BCUT2D eigenvalue weighted by molar-refractivity contribution is 0.191. The van der Waals surface area contributed by atoms with Crippen molar-refractivity contribution in [2.45, 2.75) is 20.0 Å². The van der Waals surface area contributed by atoms with Gasteiger partial charge in [0.15, 0.2) is 5.11 Å². The Kier molecular flexibility index (Phi) is 6.38. The Balaban J connectivity index is 1.72. The van der Waals surface area contributed by atoms with Gasteiger partial charge < -0.3 is 21.1 Å². The predicted molar refractivity (Wildman–Crippen MR) is 101 cm³/mol. The van der Waals surface area contributed by atoms with E-state index in [-0.39, 0.29) is 0 Å². The first-order valence-electron chi connectivity index (χ1n) is 7.63. The van der Waals surface area contributed by atoms with Crippen LogP contribution in [-0.4, -0.2) is 29.4 Å². The zero-order valence-corrected chi connectivity index (χ0v) is 14.3. The second-order valence-electron chi connectivity index (χ2n) is 5.55. The van der Waals surface area contributed by atoms with E-state index in [2.05, 4.69) is 41.9 Å². The molecule has 1 atom stereocenters. The highest BCUT2D eigenvalue weighted by molar-refractivity contribution is 7.80. The monoisotopic (exact) mass is 329 g/mol. The van der Waals surface area contributed by atoms with Crippen LogP contribution in [0.1, 0.15) is 11.1 Å². The number of nitrogens with one attached hydrogen (secondary N) is 3. The van der Waals surface area contributed by atoms with E-state index in [1.165, 1.54) is 11.1 Å². The fourth-order valence-corrected chi connectivity index (χ4v) is 2.42. The summed E-state index contributed by atoms with van der Waals surface area (Å²) >= 11 is 5.21. The third kappa shape index (κ3) is 5.88. The largest absolute Gasteiger partial charge is 0.389 e. The molecule has 5 heteroatoms. The van der Waals surface area contributed by atoms with Crippen molar-refractivity contribution in [1.82, 2.24) is 5.32 Å². The van der Waals surface area contributed by atoms with Crippen LogP contribution < -0.4 is 16.0 Å². The molecule has 122 valence electrons. The predicted octanol–water partition coefficient (Wildman–Crippen LogP) is 3.06. The molecule has 0 aliphatic heterocycles. The smallest absolute Gasteiger partial charge is 0.170 e. The Hall–Kier alpha value is -2.11. The summed E-state index contributed by atoms with van der Waals surface area (Å²) in [6, 6.07) is 15.9. The first-order chi connectivity index (χ1) is 11.0. The van der Waals surface area contributed by atoms with Gasteiger partial charge >= 0.3 is 0 Å². The van der Waals surface area contributed by atoms with Gasteiger partial charge in [0.2, 0.25) is 0 Å². The van der Waals surface area contributed by atoms with Crippen LogP contribution >= 0.6 is 12.2 Å². The molecule has 0 spiro atoms. The van der Waals surface area contributed by atoms with Crippen molar-refractivity contribution in [2.75, 3.05) is 23.7 Å². The van der Waals surface area contributed by atoms with E-state index >= 15 is 0 Å². The summed E-state index contributed by atoms with van der Waals surface area (Å²) in [5.41, 5.74) is 4.37. The Morgan fingerprint density at radius 2 is 1.83 bits per heavy atom. The number of benzene rings is 2. The number of anilines is 2. The minimum Gasteiger partial charge on any atom is -0.389 e. The van der Waals surface area contributed by atoms with E-state index < -0.39 is 6.10 Å². The van der Waals surface area contributed by atoms with Gasteiger partial charge in [-0.2, -0.15) is 0 Å². The Morgan fingerprint density at radius 1 is 1.09 bits per heavy atom. The van der Waals surface area contributed by atoms with E-state index in [0.29, 0.717) is 18.2 Å². The molecule has 2 rings (SSSR count). The molecule has 0 heterocycles. The van der Waals surface area contributed by atoms with Crippen LogP contribution in [-0.2, 0) is 0 Å². The van der Waals surface area contributed by atoms with Crippen LogP contribution in [0.15, 0.2) is 48.5 Å². The van der Waals surface area contributed by atoms with Crippen LogP contribution in [0.5, 0.6) is 0 Å². The SMILES string of the molecule is Cc1ccc(NC[C@@H](O)CNC(=S)Nc2ccccc2)c(C)c1. The highest BCUT2D eigenvalue weighted by Crippen LogP contribution is 2.15. The normalized spacial score (nSPS) is 11.6. The van der Waals surface area contributed by atoms with Crippen LogP contribution in [0, 0.1) is 13.8 Å². The molecule has 0 aromatic heterocycles. The van der Waals surface area contributed by atoms with Crippen LogP contribution in [0.25, 0.3) is 0 Å². The summed E-state index contributed by atoms with van der Waals surface area (Å²) in [5.74, 6) is 0. The molecule has 2 aromatic carbocycles. The lowest BCUT2D eigenvalue weighted by Crippen LogP contribution is -2.38. The molecule has 4 N–H and O–H groups in total. The average molecular weight is 329 g/mol. The number of aliphatic hydroxyl groups excluding tert-OH is 1. The van der Waals surface area contributed by atoms with Crippen molar-refractivity contribution < 1.29 is 5.11 Å². The van der Waals surface area contributed by atoms with Crippen molar-refractivity contribution in [1.29, 1.82) is 0 Å². The van der Waals surface area contributed by atoms with E-state index in [9.17, 15) is 5.11 Å². The van der Waals surface area contributed by atoms with Crippen LogP contribution in [0.3, 0.4) is 0 Å². The standard InChI is InChI=1S/C18H23N3OS/c1-13-8-9-17(14(2)10-13)19-11-16(22)12-20-18(23)21-15-6-4-3-5-7-15/h3-10,16,19,22H,11-12H2,1-2H3,(H2,20,21,23)/t16-/m1/s1. The maximum atomic E-state index is 10.1. The fourth-order valence-electron chi connectivity index (χ4n) is 2.22. The minimum atomic E-state index is -0.536. The number of hydrogen-bond donors (Lipinski definition) is 4.